The maximum atomic E-state index is 12.6. The average Bonchev–Trinajstić information content (AvgIpc) is 3.28. The van der Waals surface area contributed by atoms with Gasteiger partial charge in [0.05, 0.1) is 37.3 Å². The number of hydrogen-bond donors (Lipinski definition) is 3. The fourth-order valence-corrected chi connectivity index (χ4v) is 3.64. The van der Waals surface area contributed by atoms with Crippen LogP contribution < -0.4 is 10.6 Å². The number of fused-ring (bicyclic) bond motifs is 1. The molecule has 2 atom stereocenters. The van der Waals surface area contributed by atoms with Crippen LogP contribution in [0.25, 0.3) is 11.0 Å². The van der Waals surface area contributed by atoms with Crippen LogP contribution in [0.15, 0.2) is 12.3 Å². The zero-order chi connectivity index (χ0) is 21.0. The van der Waals surface area contributed by atoms with Gasteiger partial charge in [-0.05, 0) is 32.3 Å². The van der Waals surface area contributed by atoms with E-state index in [2.05, 4.69) is 15.6 Å². The van der Waals surface area contributed by atoms with Crippen LogP contribution in [0.2, 0.25) is 0 Å². The van der Waals surface area contributed by atoms with Crippen molar-refractivity contribution in [2.24, 2.45) is 0 Å². The van der Waals surface area contributed by atoms with Crippen molar-refractivity contribution in [1.82, 2.24) is 9.55 Å². The Kier molecular flexibility index (Phi) is 6.71. The number of carbonyl (C=O) groups is 2. The second-order valence-electron chi connectivity index (χ2n) is 7.29. The molecule has 9 nitrogen and oxygen atoms in total. The van der Waals surface area contributed by atoms with E-state index in [9.17, 15) is 9.59 Å². The highest BCUT2D eigenvalue weighted by Crippen LogP contribution is 2.34. The predicted octanol–water partition coefficient (Wildman–Crippen LogP) is 2.14. The number of ether oxygens (including phenoxy) is 2. The first-order valence-electron chi connectivity index (χ1n) is 9.81. The number of nitrogens with zero attached hydrogens (tertiary/aromatic N) is 2. The summed E-state index contributed by atoms with van der Waals surface area (Å²) >= 11 is 0. The van der Waals surface area contributed by atoms with Gasteiger partial charge in [-0.25, -0.2) is 9.78 Å². The van der Waals surface area contributed by atoms with E-state index in [1.165, 1.54) is 14.0 Å². The van der Waals surface area contributed by atoms with Crippen molar-refractivity contribution in [3.8, 4) is 0 Å². The van der Waals surface area contributed by atoms with Crippen molar-refractivity contribution in [2.45, 2.75) is 51.8 Å². The van der Waals surface area contributed by atoms with Crippen molar-refractivity contribution in [3.63, 3.8) is 0 Å². The van der Waals surface area contributed by atoms with Gasteiger partial charge in [0, 0.05) is 31.6 Å². The van der Waals surface area contributed by atoms with Crippen molar-refractivity contribution in [1.29, 1.82) is 0 Å². The number of aliphatic hydroxyl groups is 1. The Morgan fingerprint density at radius 3 is 2.90 bits per heavy atom. The summed E-state index contributed by atoms with van der Waals surface area (Å²) < 4.78 is 12.5. The molecule has 158 valence electrons. The van der Waals surface area contributed by atoms with Gasteiger partial charge in [0.1, 0.15) is 5.65 Å². The summed E-state index contributed by atoms with van der Waals surface area (Å²) in [6.07, 6.45) is 4.11. The number of nitrogens with one attached hydrogen (secondary N) is 2. The van der Waals surface area contributed by atoms with Crippen molar-refractivity contribution in [3.05, 3.63) is 18.0 Å². The van der Waals surface area contributed by atoms with Gasteiger partial charge in [-0.15, -0.1) is 0 Å². The molecule has 1 amide bonds. The Morgan fingerprint density at radius 1 is 1.48 bits per heavy atom. The lowest BCUT2D eigenvalue weighted by Crippen LogP contribution is -2.21. The lowest BCUT2D eigenvalue weighted by atomic mass is 10.2. The molecule has 0 aliphatic carbocycles. The van der Waals surface area contributed by atoms with Crippen molar-refractivity contribution in [2.75, 3.05) is 31.0 Å². The molecule has 0 aromatic carbocycles. The van der Waals surface area contributed by atoms with Gasteiger partial charge in [-0.2, -0.15) is 0 Å². The Bertz CT molecular complexity index is 889. The first-order valence-corrected chi connectivity index (χ1v) is 9.81. The predicted molar refractivity (Wildman–Crippen MR) is 109 cm³/mol. The standard InChI is InChI=1S/C20H28N4O5/c1-12(6-7-25)22-14-9-16-17(23-13(2)26)18(20(27)28-3)24(19(16)21-10-14)11-15-5-4-8-29-15/h9-10,12,15,22,25H,4-8,11H2,1-3H3,(H,23,26). The van der Waals surface area contributed by atoms with E-state index in [1.807, 2.05) is 13.0 Å². The third-order valence-corrected chi connectivity index (χ3v) is 4.96. The van der Waals surface area contributed by atoms with Gasteiger partial charge in [0.15, 0.2) is 5.69 Å². The van der Waals surface area contributed by atoms with E-state index in [1.54, 1.807) is 10.8 Å². The topological polar surface area (TPSA) is 115 Å². The molecule has 1 fully saturated rings. The van der Waals surface area contributed by atoms with Gasteiger partial charge in [-0.3, -0.25) is 4.79 Å². The van der Waals surface area contributed by atoms with E-state index in [0.717, 1.165) is 18.5 Å². The summed E-state index contributed by atoms with van der Waals surface area (Å²) in [5.74, 6) is -0.841. The summed E-state index contributed by atoms with van der Waals surface area (Å²) in [5, 5.41) is 15.8. The monoisotopic (exact) mass is 404 g/mol. The zero-order valence-electron chi connectivity index (χ0n) is 17.0. The molecule has 3 N–H and O–H groups in total. The van der Waals surface area contributed by atoms with Gasteiger partial charge >= 0.3 is 5.97 Å². The lowest BCUT2D eigenvalue weighted by molar-refractivity contribution is -0.114. The molecule has 3 heterocycles. The van der Waals surface area contributed by atoms with E-state index >= 15 is 0 Å². The number of amides is 1. The average molecular weight is 404 g/mol. The lowest BCUT2D eigenvalue weighted by Gasteiger charge is -2.15. The summed E-state index contributed by atoms with van der Waals surface area (Å²) in [4.78, 5) is 29.0. The third kappa shape index (κ3) is 4.68. The molecule has 2 aromatic rings. The molecule has 1 saturated heterocycles. The number of rotatable bonds is 8. The van der Waals surface area contributed by atoms with Crippen LogP contribution in [0, 0.1) is 0 Å². The fourth-order valence-electron chi connectivity index (χ4n) is 3.64. The Labute approximate surface area is 169 Å². The number of carbonyl (C=O) groups excluding carboxylic acids is 2. The molecule has 1 aliphatic heterocycles. The van der Waals surface area contributed by atoms with E-state index < -0.39 is 5.97 Å². The van der Waals surface area contributed by atoms with Gasteiger partial charge in [0.25, 0.3) is 0 Å². The van der Waals surface area contributed by atoms with Crippen LogP contribution in [0.1, 0.15) is 43.6 Å². The quantitative estimate of drug-likeness (QED) is 0.578. The Morgan fingerprint density at radius 2 is 2.28 bits per heavy atom. The molecular formula is C20H28N4O5. The maximum Gasteiger partial charge on any atom is 0.356 e. The minimum Gasteiger partial charge on any atom is -0.464 e. The van der Waals surface area contributed by atoms with Crippen LogP contribution in [0.3, 0.4) is 0 Å². The normalized spacial score (nSPS) is 17.3. The Hall–Kier alpha value is -2.65. The largest absolute Gasteiger partial charge is 0.464 e. The molecule has 3 rings (SSSR count). The number of esters is 1. The highest BCUT2D eigenvalue weighted by Gasteiger charge is 2.28. The molecule has 29 heavy (non-hydrogen) atoms. The summed E-state index contributed by atoms with van der Waals surface area (Å²) in [7, 11) is 1.31. The number of anilines is 2. The molecule has 9 heteroatoms. The third-order valence-electron chi connectivity index (χ3n) is 4.96. The van der Waals surface area contributed by atoms with E-state index in [-0.39, 0.29) is 30.4 Å². The fraction of sp³-hybridized carbons (Fsp3) is 0.550. The molecular weight excluding hydrogens is 376 g/mol. The minimum absolute atomic E-state index is 0.0247. The number of methoxy groups -OCH3 is 1. The molecule has 0 bridgehead atoms. The molecule has 1 aliphatic rings. The first-order chi connectivity index (χ1) is 13.9. The van der Waals surface area contributed by atoms with E-state index in [0.29, 0.717) is 36.3 Å². The minimum atomic E-state index is -0.548. The molecule has 2 aromatic heterocycles. The van der Waals surface area contributed by atoms with Crippen LogP contribution >= 0.6 is 0 Å². The van der Waals surface area contributed by atoms with Crippen LogP contribution in [0.5, 0.6) is 0 Å². The second kappa shape index (κ2) is 9.23. The highest BCUT2D eigenvalue weighted by molar-refractivity contribution is 6.10. The van der Waals surface area contributed by atoms with Crippen molar-refractivity contribution < 1.29 is 24.2 Å². The van der Waals surface area contributed by atoms with Crippen LogP contribution in [-0.2, 0) is 20.8 Å². The number of hydrogen-bond acceptors (Lipinski definition) is 7. The van der Waals surface area contributed by atoms with Crippen molar-refractivity contribution >= 4 is 34.3 Å². The zero-order valence-corrected chi connectivity index (χ0v) is 17.0. The first kappa shape index (κ1) is 21.1. The maximum absolute atomic E-state index is 12.6. The molecule has 0 spiro atoms. The van der Waals surface area contributed by atoms with Crippen LogP contribution in [-0.4, -0.2) is 59.0 Å². The molecule has 0 saturated carbocycles. The summed E-state index contributed by atoms with van der Waals surface area (Å²) in [6, 6.07) is 1.89. The summed E-state index contributed by atoms with van der Waals surface area (Å²) in [6.45, 7) is 4.56. The highest BCUT2D eigenvalue weighted by atomic mass is 16.5. The number of aromatic nitrogens is 2. The number of aliphatic hydroxyl groups excluding tert-OH is 1. The SMILES string of the molecule is COC(=O)c1c(NC(C)=O)c2cc(NC(C)CCO)cnc2n1CC1CCCO1. The number of pyridine rings is 1. The van der Waals surface area contributed by atoms with E-state index in [4.69, 9.17) is 14.6 Å². The van der Waals surface area contributed by atoms with Gasteiger partial charge < -0.3 is 29.8 Å². The van der Waals surface area contributed by atoms with Gasteiger partial charge in [-0.1, -0.05) is 0 Å². The summed E-state index contributed by atoms with van der Waals surface area (Å²) in [5.41, 5.74) is 1.94. The van der Waals surface area contributed by atoms with Crippen LogP contribution in [0.4, 0.5) is 11.4 Å². The van der Waals surface area contributed by atoms with Gasteiger partial charge in [0.2, 0.25) is 5.91 Å². The Balaban J connectivity index is 2.12. The molecule has 0 radical (unpaired) electrons. The smallest absolute Gasteiger partial charge is 0.356 e. The molecule has 2 unspecified atom stereocenters. The second-order valence-corrected chi connectivity index (χ2v) is 7.29.